The van der Waals surface area contributed by atoms with E-state index in [0.717, 1.165) is 25.3 Å². The van der Waals surface area contributed by atoms with E-state index in [2.05, 4.69) is 17.1 Å². The topological polar surface area (TPSA) is 24.5 Å². The third kappa shape index (κ3) is 3.71. The molecular formula is C16H30N2O. The Morgan fingerprint density at radius 3 is 2.63 bits per heavy atom. The first-order chi connectivity index (χ1) is 9.27. The minimum Gasteiger partial charge on any atom is -0.381 e. The molecule has 2 aliphatic heterocycles. The van der Waals surface area contributed by atoms with Gasteiger partial charge in [-0.05, 0) is 57.4 Å². The van der Waals surface area contributed by atoms with Crippen LogP contribution in [-0.2, 0) is 4.74 Å². The highest BCUT2D eigenvalue weighted by atomic mass is 16.5. The fourth-order valence-electron chi connectivity index (χ4n) is 3.67. The SMILES string of the molecule is CC1CCCCN1CC1(CNC2CC2)CCOCC1. The Hall–Kier alpha value is -0.120. The van der Waals surface area contributed by atoms with E-state index in [1.54, 1.807) is 0 Å². The Morgan fingerprint density at radius 1 is 1.16 bits per heavy atom. The molecule has 3 nitrogen and oxygen atoms in total. The molecule has 19 heavy (non-hydrogen) atoms. The van der Waals surface area contributed by atoms with Gasteiger partial charge < -0.3 is 15.0 Å². The molecule has 3 rings (SSSR count). The molecule has 1 atom stereocenters. The van der Waals surface area contributed by atoms with Crippen LogP contribution in [0.1, 0.15) is 51.9 Å². The van der Waals surface area contributed by atoms with E-state index in [4.69, 9.17) is 4.74 Å². The number of piperidine rings is 1. The summed E-state index contributed by atoms with van der Waals surface area (Å²) in [7, 11) is 0. The van der Waals surface area contributed by atoms with Gasteiger partial charge in [-0.1, -0.05) is 6.42 Å². The van der Waals surface area contributed by atoms with Crippen LogP contribution in [0.25, 0.3) is 0 Å². The summed E-state index contributed by atoms with van der Waals surface area (Å²) in [4.78, 5) is 2.75. The lowest BCUT2D eigenvalue weighted by molar-refractivity contribution is -0.0157. The second-order valence-corrected chi connectivity index (χ2v) is 7.08. The van der Waals surface area contributed by atoms with Crippen molar-refractivity contribution in [1.82, 2.24) is 10.2 Å². The molecule has 0 aromatic carbocycles. The Kier molecular flexibility index (Phi) is 4.45. The van der Waals surface area contributed by atoms with Gasteiger partial charge in [-0.2, -0.15) is 0 Å². The highest BCUT2D eigenvalue weighted by Gasteiger charge is 2.37. The molecule has 3 aliphatic rings. The predicted octanol–water partition coefficient (Wildman–Crippen LogP) is 2.41. The molecule has 3 fully saturated rings. The first kappa shape index (κ1) is 13.8. The summed E-state index contributed by atoms with van der Waals surface area (Å²) >= 11 is 0. The van der Waals surface area contributed by atoms with Crippen molar-refractivity contribution in [2.45, 2.75) is 64.0 Å². The summed E-state index contributed by atoms with van der Waals surface area (Å²) in [5, 5.41) is 3.79. The van der Waals surface area contributed by atoms with E-state index < -0.39 is 0 Å². The Balaban J connectivity index is 1.59. The third-order valence-electron chi connectivity index (χ3n) is 5.38. The third-order valence-corrected chi connectivity index (χ3v) is 5.38. The summed E-state index contributed by atoms with van der Waals surface area (Å²) in [5.74, 6) is 0. The normalized spacial score (nSPS) is 32.4. The molecular weight excluding hydrogens is 236 g/mol. The molecule has 0 aromatic rings. The lowest BCUT2D eigenvalue weighted by Crippen LogP contribution is -2.51. The van der Waals surface area contributed by atoms with Gasteiger partial charge in [0.2, 0.25) is 0 Å². The fraction of sp³-hybridized carbons (Fsp3) is 1.00. The van der Waals surface area contributed by atoms with Crippen molar-refractivity contribution in [3.05, 3.63) is 0 Å². The molecule has 2 heterocycles. The van der Waals surface area contributed by atoms with Gasteiger partial charge in [-0.15, -0.1) is 0 Å². The van der Waals surface area contributed by atoms with E-state index in [0.29, 0.717) is 5.41 Å². The van der Waals surface area contributed by atoms with Crippen molar-refractivity contribution in [3.8, 4) is 0 Å². The van der Waals surface area contributed by atoms with Crippen molar-refractivity contribution in [1.29, 1.82) is 0 Å². The first-order valence-corrected chi connectivity index (χ1v) is 8.33. The van der Waals surface area contributed by atoms with Crippen LogP contribution in [0.15, 0.2) is 0 Å². The van der Waals surface area contributed by atoms with E-state index in [1.807, 2.05) is 0 Å². The maximum absolute atomic E-state index is 5.62. The van der Waals surface area contributed by atoms with Gasteiger partial charge in [0.1, 0.15) is 0 Å². The smallest absolute Gasteiger partial charge is 0.0472 e. The van der Waals surface area contributed by atoms with Crippen molar-refractivity contribution < 1.29 is 4.74 Å². The maximum Gasteiger partial charge on any atom is 0.0472 e. The average Bonchev–Trinajstić information content (AvgIpc) is 3.25. The Bertz CT molecular complexity index is 284. The zero-order chi connectivity index (χ0) is 13.1. The van der Waals surface area contributed by atoms with Crippen molar-refractivity contribution in [2.75, 3.05) is 32.8 Å². The first-order valence-electron chi connectivity index (χ1n) is 8.33. The largest absolute Gasteiger partial charge is 0.381 e. The summed E-state index contributed by atoms with van der Waals surface area (Å²) in [6, 6.07) is 1.62. The van der Waals surface area contributed by atoms with Crippen LogP contribution in [0.3, 0.4) is 0 Å². The van der Waals surface area contributed by atoms with Crippen LogP contribution in [0.5, 0.6) is 0 Å². The number of nitrogens with zero attached hydrogens (tertiary/aromatic N) is 1. The minimum atomic E-state index is 0.479. The summed E-state index contributed by atoms with van der Waals surface area (Å²) < 4.78 is 5.62. The quantitative estimate of drug-likeness (QED) is 0.827. The molecule has 0 spiro atoms. The molecule has 0 bridgehead atoms. The predicted molar refractivity (Wildman–Crippen MR) is 78.4 cm³/mol. The zero-order valence-corrected chi connectivity index (χ0v) is 12.5. The highest BCUT2D eigenvalue weighted by molar-refractivity contribution is 4.92. The number of nitrogens with one attached hydrogen (secondary N) is 1. The molecule has 1 unspecified atom stereocenters. The summed E-state index contributed by atoms with van der Waals surface area (Å²) in [6.07, 6.45) is 9.50. The Labute approximate surface area is 118 Å². The maximum atomic E-state index is 5.62. The van der Waals surface area contributed by atoms with Gasteiger partial charge in [0.05, 0.1) is 0 Å². The number of hydrogen-bond donors (Lipinski definition) is 1. The number of hydrogen-bond acceptors (Lipinski definition) is 3. The molecule has 1 N–H and O–H groups in total. The lowest BCUT2D eigenvalue weighted by atomic mass is 9.78. The summed E-state index contributed by atoms with van der Waals surface area (Å²) in [5.41, 5.74) is 0.479. The van der Waals surface area contributed by atoms with E-state index in [9.17, 15) is 0 Å². The second-order valence-electron chi connectivity index (χ2n) is 7.08. The van der Waals surface area contributed by atoms with Crippen LogP contribution >= 0.6 is 0 Å². The van der Waals surface area contributed by atoms with Crippen molar-refractivity contribution in [3.63, 3.8) is 0 Å². The van der Waals surface area contributed by atoms with Gasteiger partial charge in [0.15, 0.2) is 0 Å². The van der Waals surface area contributed by atoms with Crippen LogP contribution in [0.4, 0.5) is 0 Å². The molecule has 3 heteroatoms. The van der Waals surface area contributed by atoms with Crippen LogP contribution in [-0.4, -0.2) is 49.8 Å². The van der Waals surface area contributed by atoms with Crippen molar-refractivity contribution in [2.24, 2.45) is 5.41 Å². The second kappa shape index (κ2) is 6.11. The van der Waals surface area contributed by atoms with Gasteiger partial charge in [-0.25, -0.2) is 0 Å². The fourth-order valence-corrected chi connectivity index (χ4v) is 3.67. The van der Waals surface area contributed by atoms with Crippen LogP contribution in [0.2, 0.25) is 0 Å². The van der Waals surface area contributed by atoms with E-state index in [-0.39, 0.29) is 0 Å². The average molecular weight is 266 g/mol. The number of likely N-dealkylation sites (tertiary alicyclic amines) is 1. The molecule has 0 aromatic heterocycles. The molecule has 1 aliphatic carbocycles. The minimum absolute atomic E-state index is 0.479. The zero-order valence-electron chi connectivity index (χ0n) is 12.5. The van der Waals surface area contributed by atoms with Crippen LogP contribution in [0, 0.1) is 5.41 Å². The monoisotopic (exact) mass is 266 g/mol. The standard InChI is InChI=1S/C16H30N2O/c1-14-4-2-3-9-18(14)13-16(7-10-19-11-8-16)12-17-15-5-6-15/h14-15,17H,2-13H2,1H3. The van der Waals surface area contributed by atoms with Gasteiger partial charge in [0.25, 0.3) is 0 Å². The van der Waals surface area contributed by atoms with Crippen molar-refractivity contribution >= 4 is 0 Å². The lowest BCUT2D eigenvalue weighted by Gasteiger charge is -2.44. The van der Waals surface area contributed by atoms with Gasteiger partial charge in [-0.3, -0.25) is 0 Å². The molecule has 0 amide bonds. The van der Waals surface area contributed by atoms with Gasteiger partial charge >= 0.3 is 0 Å². The highest BCUT2D eigenvalue weighted by Crippen LogP contribution is 2.34. The molecule has 1 saturated carbocycles. The van der Waals surface area contributed by atoms with Crippen LogP contribution < -0.4 is 5.32 Å². The van der Waals surface area contributed by atoms with E-state index in [1.165, 1.54) is 64.6 Å². The number of ether oxygens (including phenoxy) is 1. The van der Waals surface area contributed by atoms with E-state index >= 15 is 0 Å². The van der Waals surface area contributed by atoms with Gasteiger partial charge in [0, 0.05) is 38.4 Å². The molecule has 110 valence electrons. The molecule has 2 saturated heterocycles. The summed E-state index contributed by atoms with van der Waals surface area (Å²) in [6.45, 7) is 8.17. The Morgan fingerprint density at radius 2 is 1.95 bits per heavy atom. The molecule has 0 radical (unpaired) electrons. The number of rotatable bonds is 5.